The van der Waals surface area contributed by atoms with Gasteiger partial charge in [-0.25, -0.2) is 0 Å². The zero-order chi connectivity index (χ0) is 13.3. The summed E-state index contributed by atoms with van der Waals surface area (Å²) in [4.78, 5) is 15.6. The van der Waals surface area contributed by atoms with Crippen molar-refractivity contribution in [1.29, 1.82) is 0 Å². The van der Waals surface area contributed by atoms with Crippen LogP contribution in [-0.2, 0) is 17.6 Å². The summed E-state index contributed by atoms with van der Waals surface area (Å²) in [6, 6.07) is 6.93. The zero-order valence-corrected chi connectivity index (χ0v) is 11.7. The van der Waals surface area contributed by atoms with Crippen LogP contribution in [0, 0.1) is 0 Å². The maximum atomic E-state index is 11.5. The van der Waals surface area contributed by atoms with Crippen LogP contribution < -0.4 is 4.90 Å². The van der Waals surface area contributed by atoms with Gasteiger partial charge in [-0.1, -0.05) is 12.1 Å². The largest absolute Gasteiger partial charge is 0.315 e. The average Bonchev–Trinajstić information content (AvgIpc) is 2.36. The van der Waals surface area contributed by atoms with Gasteiger partial charge >= 0.3 is 0 Å². The number of carbonyl (C=O) groups excluding carboxylic acids is 1. The second-order valence-electron chi connectivity index (χ2n) is 5.35. The molecular weight excluding hydrogens is 224 g/mol. The lowest BCUT2D eigenvalue weighted by Crippen LogP contribution is -2.34. The minimum atomic E-state index is 0.0955. The van der Waals surface area contributed by atoms with Gasteiger partial charge in [0.1, 0.15) is 0 Å². The van der Waals surface area contributed by atoms with Crippen molar-refractivity contribution in [3.8, 4) is 0 Å². The molecule has 1 aliphatic carbocycles. The van der Waals surface area contributed by atoms with Crippen LogP contribution in [-0.4, -0.2) is 38.0 Å². The lowest BCUT2D eigenvalue weighted by atomic mass is 9.86. The summed E-state index contributed by atoms with van der Waals surface area (Å²) in [6.45, 7) is 1.62. The standard InChI is InChI=1S/C15H22N2O/c1-11(18)17(4)15-7-5-6-12-10-13(16(2)3)8-9-14(12)15/h5-7,13H,8-10H2,1-4H3. The fourth-order valence-corrected chi connectivity index (χ4v) is 2.69. The topological polar surface area (TPSA) is 23.6 Å². The highest BCUT2D eigenvalue weighted by atomic mass is 16.2. The SMILES string of the molecule is CC(=O)N(C)c1cccc2c1CCC(N(C)C)C2. The first-order valence-corrected chi connectivity index (χ1v) is 6.52. The predicted octanol–water partition coefficient (Wildman–Crippen LogP) is 2.09. The number of nitrogens with zero attached hydrogens (tertiary/aromatic N) is 2. The van der Waals surface area contributed by atoms with Crippen LogP contribution in [0.5, 0.6) is 0 Å². The van der Waals surface area contributed by atoms with Crippen LogP contribution in [0.2, 0.25) is 0 Å². The van der Waals surface area contributed by atoms with E-state index in [9.17, 15) is 4.79 Å². The third-order valence-electron chi connectivity index (χ3n) is 4.00. The van der Waals surface area contributed by atoms with Crippen molar-refractivity contribution in [1.82, 2.24) is 4.90 Å². The Balaban J connectivity index is 2.33. The fraction of sp³-hybridized carbons (Fsp3) is 0.533. The lowest BCUT2D eigenvalue weighted by Gasteiger charge is -2.32. The summed E-state index contributed by atoms with van der Waals surface area (Å²) in [6.07, 6.45) is 3.32. The van der Waals surface area contributed by atoms with Crippen LogP contribution in [0.4, 0.5) is 5.69 Å². The number of carbonyl (C=O) groups is 1. The lowest BCUT2D eigenvalue weighted by molar-refractivity contribution is -0.116. The van der Waals surface area contributed by atoms with E-state index in [1.54, 1.807) is 11.8 Å². The molecule has 0 N–H and O–H groups in total. The van der Waals surface area contributed by atoms with Gasteiger partial charge in [-0.05, 0) is 50.6 Å². The average molecular weight is 246 g/mol. The van der Waals surface area contributed by atoms with Crippen molar-refractivity contribution in [2.45, 2.75) is 32.2 Å². The van der Waals surface area contributed by atoms with Crippen LogP contribution in [0.1, 0.15) is 24.5 Å². The van der Waals surface area contributed by atoms with E-state index in [0.29, 0.717) is 6.04 Å². The Morgan fingerprint density at radius 3 is 2.61 bits per heavy atom. The second kappa shape index (κ2) is 5.11. The molecule has 0 spiro atoms. The molecule has 1 atom stereocenters. The van der Waals surface area contributed by atoms with Gasteiger partial charge in [0.05, 0.1) is 0 Å². The van der Waals surface area contributed by atoms with Crippen molar-refractivity contribution in [3.05, 3.63) is 29.3 Å². The molecule has 0 aromatic heterocycles. The maximum Gasteiger partial charge on any atom is 0.223 e. The molecule has 1 amide bonds. The molecule has 0 heterocycles. The van der Waals surface area contributed by atoms with E-state index in [4.69, 9.17) is 0 Å². The Kier molecular flexibility index (Phi) is 3.71. The third kappa shape index (κ3) is 2.41. The van der Waals surface area contributed by atoms with Crippen LogP contribution in [0.3, 0.4) is 0 Å². The molecule has 1 aromatic rings. The highest BCUT2D eigenvalue weighted by molar-refractivity contribution is 5.92. The van der Waals surface area contributed by atoms with Crippen molar-refractivity contribution < 1.29 is 4.79 Å². The van der Waals surface area contributed by atoms with E-state index in [1.807, 2.05) is 7.05 Å². The number of fused-ring (bicyclic) bond motifs is 1. The van der Waals surface area contributed by atoms with E-state index in [1.165, 1.54) is 17.5 Å². The Morgan fingerprint density at radius 2 is 2.00 bits per heavy atom. The van der Waals surface area contributed by atoms with Crippen LogP contribution >= 0.6 is 0 Å². The van der Waals surface area contributed by atoms with Gasteiger partial charge in [0.2, 0.25) is 5.91 Å². The summed E-state index contributed by atoms with van der Waals surface area (Å²) in [5.74, 6) is 0.0955. The van der Waals surface area contributed by atoms with Crippen molar-refractivity contribution in [2.75, 3.05) is 26.0 Å². The molecule has 3 heteroatoms. The van der Waals surface area contributed by atoms with Gasteiger partial charge in [-0.3, -0.25) is 4.79 Å². The van der Waals surface area contributed by atoms with Crippen LogP contribution in [0.25, 0.3) is 0 Å². The quantitative estimate of drug-likeness (QED) is 0.797. The maximum absolute atomic E-state index is 11.5. The molecule has 0 saturated carbocycles. The van der Waals surface area contributed by atoms with Gasteiger partial charge in [-0.15, -0.1) is 0 Å². The monoisotopic (exact) mass is 246 g/mol. The minimum absolute atomic E-state index is 0.0955. The van der Waals surface area contributed by atoms with E-state index in [-0.39, 0.29) is 5.91 Å². The first-order chi connectivity index (χ1) is 8.50. The highest BCUT2D eigenvalue weighted by Crippen LogP contribution is 2.31. The predicted molar refractivity (Wildman–Crippen MR) is 75.0 cm³/mol. The molecule has 0 fully saturated rings. The number of benzene rings is 1. The molecule has 2 rings (SSSR count). The van der Waals surface area contributed by atoms with Gasteiger partial charge in [0.15, 0.2) is 0 Å². The molecule has 1 unspecified atom stereocenters. The summed E-state index contributed by atoms with van der Waals surface area (Å²) in [5, 5.41) is 0. The number of likely N-dealkylation sites (N-methyl/N-ethyl adjacent to an activating group) is 1. The minimum Gasteiger partial charge on any atom is -0.315 e. The van der Waals surface area contributed by atoms with Crippen LogP contribution in [0.15, 0.2) is 18.2 Å². The molecule has 1 aliphatic rings. The summed E-state index contributed by atoms with van der Waals surface area (Å²) < 4.78 is 0. The molecule has 1 aromatic carbocycles. The van der Waals surface area contributed by atoms with Gasteiger partial charge in [-0.2, -0.15) is 0 Å². The number of amides is 1. The van der Waals surface area contributed by atoms with Gasteiger partial charge < -0.3 is 9.80 Å². The number of anilines is 1. The van der Waals surface area contributed by atoms with Gasteiger partial charge in [0.25, 0.3) is 0 Å². The Bertz CT molecular complexity index is 454. The van der Waals surface area contributed by atoms with Gasteiger partial charge in [0, 0.05) is 25.7 Å². The van der Waals surface area contributed by atoms with E-state index in [0.717, 1.165) is 18.5 Å². The van der Waals surface area contributed by atoms with Crippen molar-refractivity contribution in [2.24, 2.45) is 0 Å². The molecule has 98 valence electrons. The molecule has 0 aliphatic heterocycles. The smallest absolute Gasteiger partial charge is 0.223 e. The summed E-state index contributed by atoms with van der Waals surface area (Å²) >= 11 is 0. The van der Waals surface area contributed by atoms with Crippen molar-refractivity contribution >= 4 is 11.6 Å². The fourth-order valence-electron chi connectivity index (χ4n) is 2.69. The molecule has 3 nitrogen and oxygen atoms in total. The number of hydrogen-bond donors (Lipinski definition) is 0. The molecule has 0 saturated heterocycles. The second-order valence-corrected chi connectivity index (χ2v) is 5.35. The first kappa shape index (κ1) is 13.1. The van der Waals surface area contributed by atoms with E-state index >= 15 is 0 Å². The number of rotatable bonds is 2. The Labute approximate surface area is 109 Å². The third-order valence-corrected chi connectivity index (χ3v) is 4.00. The normalized spacial score (nSPS) is 18.6. The Morgan fingerprint density at radius 1 is 1.28 bits per heavy atom. The molecular formula is C15H22N2O. The molecule has 0 bridgehead atoms. The molecule has 0 radical (unpaired) electrons. The van der Waals surface area contributed by atoms with E-state index < -0.39 is 0 Å². The van der Waals surface area contributed by atoms with Crippen molar-refractivity contribution in [3.63, 3.8) is 0 Å². The van der Waals surface area contributed by atoms with E-state index in [2.05, 4.69) is 37.2 Å². The first-order valence-electron chi connectivity index (χ1n) is 6.52. The number of hydrogen-bond acceptors (Lipinski definition) is 2. The molecule has 18 heavy (non-hydrogen) atoms. The highest BCUT2D eigenvalue weighted by Gasteiger charge is 2.23. The summed E-state index contributed by atoms with van der Waals surface area (Å²) in [5.41, 5.74) is 3.83. The Hall–Kier alpha value is -1.35. The summed E-state index contributed by atoms with van der Waals surface area (Å²) in [7, 11) is 6.14. The zero-order valence-electron chi connectivity index (χ0n) is 11.7.